The van der Waals surface area contributed by atoms with Crippen molar-refractivity contribution in [2.75, 3.05) is 36.0 Å². The summed E-state index contributed by atoms with van der Waals surface area (Å²) in [5.41, 5.74) is -1.52. The van der Waals surface area contributed by atoms with Gasteiger partial charge in [0, 0.05) is 82.4 Å². The van der Waals surface area contributed by atoms with E-state index in [-0.39, 0.29) is 110 Å². The summed E-state index contributed by atoms with van der Waals surface area (Å²) in [6.45, 7) is -1.70. The molecule has 0 bridgehead atoms. The molecule has 67 heavy (non-hydrogen) atoms. The van der Waals surface area contributed by atoms with Crippen LogP contribution in [0.5, 0.6) is 0 Å². The van der Waals surface area contributed by atoms with Crippen molar-refractivity contribution in [3.8, 4) is 0 Å². The third-order valence-electron chi connectivity index (χ3n) is 11.9. The summed E-state index contributed by atoms with van der Waals surface area (Å²) in [4.78, 5) is 18.8. The number of aryl methyl sites for hydroxylation is 1. The normalized spacial score (nSPS) is 19.1. The van der Waals surface area contributed by atoms with E-state index in [0.29, 0.717) is 0 Å². The summed E-state index contributed by atoms with van der Waals surface area (Å²) in [6, 6.07) is 17.0. The molecule has 5 aromatic rings. The second kappa shape index (κ2) is 19.7. The number of hydrogen-bond acceptors (Lipinski definition) is 5. The first-order chi connectivity index (χ1) is 31.1. The van der Waals surface area contributed by atoms with Crippen LogP contribution in [-0.2, 0) is 36.1 Å². The molecule has 2 saturated heterocycles. The van der Waals surface area contributed by atoms with Crippen molar-refractivity contribution in [1.29, 1.82) is 0 Å². The number of halogens is 17. The fourth-order valence-corrected chi connectivity index (χ4v) is 9.53. The number of pyridine rings is 1. The van der Waals surface area contributed by atoms with Crippen molar-refractivity contribution < 1.29 is 57.5 Å². The van der Waals surface area contributed by atoms with Crippen LogP contribution < -0.4 is 15.5 Å². The summed E-state index contributed by atoms with van der Waals surface area (Å²) in [7, 11) is 0. The SMILES string of the molecule is NCc1ccc(N2CCC(c3cc(Cl)cc(Cl)c3)(C(F)(F)F)C2)cc1C(F)(F)F.O=C(CCc1ccc(N2CCC(c3cc(Cl)cc(Cl)c3)(C(F)(F)F)C2)cc1C(F)(F)F)c1ccc(Cl)nc1. The summed E-state index contributed by atoms with van der Waals surface area (Å²) >= 11 is 29.4. The highest BCUT2D eigenvalue weighted by Gasteiger charge is 2.60. The van der Waals surface area contributed by atoms with Crippen molar-refractivity contribution in [2.24, 2.45) is 5.73 Å². The largest absolute Gasteiger partial charge is 0.416 e. The molecule has 1 aromatic heterocycles. The number of Topliss-reactive ketones (excluding diaryl/α,β-unsaturated/α-hetero) is 1. The van der Waals surface area contributed by atoms with Gasteiger partial charge in [0.2, 0.25) is 0 Å². The zero-order valence-electron chi connectivity index (χ0n) is 34.3. The minimum atomic E-state index is -4.78. The van der Waals surface area contributed by atoms with Gasteiger partial charge in [-0.3, -0.25) is 4.79 Å². The van der Waals surface area contributed by atoms with Gasteiger partial charge in [-0.1, -0.05) is 70.1 Å². The summed E-state index contributed by atoms with van der Waals surface area (Å²) in [5, 5.41) is 0.346. The molecule has 2 unspecified atom stereocenters. The molecule has 360 valence electrons. The van der Waals surface area contributed by atoms with Gasteiger partial charge in [0.25, 0.3) is 0 Å². The monoisotopic (exact) mass is 1050 g/mol. The van der Waals surface area contributed by atoms with Crippen molar-refractivity contribution in [1.82, 2.24) is 4.98 Å². The van der Waals surface area contributed by atoms with Crippen molar-refractivity contribution in [3.05, 3.63) is 155 Å². The molecule has 2 N–H and O–H groups in total. The van der Waals surface area contributed by atoms with Crippen LogP contribution in [0.3, 0.4) is 0 Å². The Labute approximate surface area is 400 Å². The average molecular weight is 1050 g/mol. The highest BCUT2D eigenvalue weighted by atomic mass is 35.5. The van der Waals surface area contributed by atoms with Crippen LogP contribution in [0, 0.1) is 0 Å². The third kappa shape index (κ3) is 11.5. The van der Waals surface area contributed by atoms with Crippen LogP contribution in [0.2, 0.25) is 25.2 Å². The second-order valence-corrected chi connectivity index (χ2v) is 18.1. The first kappa shape index (κ1) is 52.2. The Morgan fingerprint density at radius 1 is 0.582 bits per heavy atom. The molecule has 2 aliphatic rings. The highest BCUT2D eigenvalue weighted by molar-refractivity contribution is 6.35. The van der Waals surface area contributed by atoms with E-state index >= 15 is 0 Å². The summed E-state index contributed by atoms with van der Waals surface area (Å²) in [6.07, 6.45) is -18.7. The Morgan fingerprint density at radius 3 is 1.37 bits per heavy atom. The molecule has 0 radical (unpaired) electrons. The lowest BCUT2D eigenvalue weighted by Crippen LogP contribution is -2.44. The Balaban J connectivity index is 0.000000229. The molecule has 5 nitrogen and oxygen atoms in total. The zero-order valence-corrected chi connectivity index (χ0v) is 38.1. The Hall–Kier alpha value is -4.13. The number of rotatable bonds is 9. The molecule has 0 spiro atoms. The van der Waals surface area contributed by atoms with E-state index < -0.39 is 65.5 Å². The third-order valence-corrected chi connectivity index (χ3v) is 13.0. The molecule has 2 aliphatic heterocycles. The maximum Gasteiger partial charge on any atom is 0.416 e. The van der Waals surface area contributed by atoms with E-state index in [1.54, 1.807) is 0 Å². The fraction of sp³-hybridized carbons (Fsp3) is 0.333. The van der Waals surface area contributed by atoms with E-state index in [1.165, 1.54) is 88.8 Å². The van der Waals surface area contributed by atoms with Crippen LogP contribution in [0.25, 0.3) is 0 Å². The van der Waals surface area contributed by atoms with Crippen molar-refractivity contribution in [3.63, 3.8) is 0 Å². The quantitative estimate of drug-likeness (QED) is 0.0905. The van der Waals surface area contributed by atoms with E-state index in [4.69, 9.17) is 63.7 Å². The number of nitrogens with two attached hydrogens (primary N) is 1. The molecular formula is C45H35Cl5F12N4O. The molecule has 0 amide bonds. The molecule has 2 atom stereocenters. The summed E-state index contributed by atoms with van der Waals surface area (Å²) < 4.78 is 167. The Kier molecular flexibility index (Phi) is 15.4. The molecular weight excluding hydrogens is 1020 g/mol. The number of ketones is 1. The van der Waals surface area contributed by atoms with Crippen LogP contribution in [0.4, 0.5) is 64.1 Å². The van der Waals surface area contributed by atoms with Crippen molar-refractivity contribution >= 4 is 75.2 Å². The molecule has 22 heteroatoms. The van der Waals surface area contributed by atoms with Gasteiger partial charge in [0.15, 0.2) is 5.78 Å². The van der Waals surface area contributed by atoms with E-state index in [9.17, 15) is 57.5 Å². The molecule has 4 aromatic carbocycles. The van der Waals surface area contributed by atoms with Gasteiger partial charge in [0.1, 0.15) is 16.0 Å². The van der Waals surface area contributed by atoms with E-state index in [0.717, 1.165) is 12.1 Å². The Bertz CT molecular complexity index is 2570. The first-order valence-corrected chi connectivity index (χ1v) is 21.8. The van der Waals surface area contributed by atoms with Gasteiger partial charge < -0.3 is 15.5 Å². The smallest absolute Gasteiger partial charge is 0.370 e. The standard InChI is InChI=1S/C26H19Cl3F6N2O.C19H16Cl2F6N2/c27-18-9-17(10-19(28)11-18)24(26(33,34)35)7-8-37(14-24)20-4-1-15(21(12-20)25(30,31)32)2-5-22(38)16-3-6-23(29)36-13-16;20-13-5-12(6-14(21)7-13)17(19(25,26)27)3-4-29(10-17)15-2-1-11(9-28)16(8-15)18(22,23)24/h1,3-4,6,9-13H,2,5,7-8,14H2;1-2,5-8H,3-4,9-10,28H2. The number of benzene rings is 4. The number of hydrogen-bond donors (Lipinski definition) is 1. The highest BCUT2D eigenvalue weighted by Crippen LogP contribution is 2.52. The summed E-state index contributed by atoms with van der Waals surface area (Å²) in [5.74, 6) is -0.416. The number of alkyl halides is 12. The molecule has 0 saturated carbocycles. The number of carbonyl (C=O) groups is 1. The van der Waals surface area contributed by atoms with Crippen molar-refractivity contribution in [2.45, 2.75) is 67.8 Å². The van der Waals surface area contributed by atoms with Gasteiger partial charge >= 0.3 is 24.7 Å². The van der Waals surface area contributed by atoms with Crippen LogP contribution in [-0.4, -0.2) is 49.3 Å². The van der Waals surface area contributed by atoms with Gasteiger partial charge in [-0.2, -0.15) is 52.7 Å². The molecule has 2 fully saturated rings. The van der Waals surface area contributed by atoms with Crippen LogP contribution in [0.15, 0.2) is 91.1 Å². The Morgan fingerprint density at radius 2 is 1.00 bits per heavy atom. The predicted molar refractivity (Wildman–Crippen MR) is 235 cm³/mol. The van der Waals surface area contributed by atoms with E-state index in [2.05, 4.69) is 4.98 Å². The number of carbonyl (C=O) groups excluding carboxylic acids is 1. The van der Waals surface area contributed by atoms with Gasteiger partial charge in [-0.05, 0) is 114 Å². The second-order valence-electron chi connectivity index (χ2n) is 16.0. The van der Waals surface area contributed by atoms with Crippen LogP contribution >= 0.6 is 58.0 Å². The van der Waals surface area contributed by atoms with E-state index in [1.807, 2.05) is 0 Å². The number of nitrogens with zero attached hydrogens (tertiary/aromatic N) is 3. The molecule has 3 heterocycles. The van der Waals surface area contributed by atoms with Gasteiger partial charge in [-0.25, -0.2) is 4.98 Å². The van der Waals surface area contributed by atoms with Gasteiger partial charge in [-0.15, -0.1) is 0 Å². The van der Waals surface area contributed by atoms with Crippen LogP contribution in [0.1, 0.15) is 63.0 Å². The maximum atomic E-state index is 14.4. The fourth-order valence-electron chi connectivity index (χ4n) is 8.36. The maximum absolute atomic E-state index is 14.4. The predicted octanol–water partition coefficient (Wildman–Crippen LogP) is 14.8. The van der Waals surface area contributed by atoms with Gasteiger partial charge in [0.05, 0.1) is 11.1 Å². The zero-order chi connectivity index (χ0) is 49.5. The lowest BCUT2D eigenvalue weighted by Gasteiger charge is -2.33. The lowest BCUT2D eigenvalue weighted by molar-refractivity contribution is -0.185. The topological polar surface area (TPSA) is 62.5 Å². The average Bonchev–Trinajstić information content (AvgIpc) is 3.90. The molecule has 0 aliphatic carbocycles. The number of anilines is 2. The first-order valence-electron chi connectivity index (χ1n) is 19.9. The lowest BCUT2D eigenvalue weighted by atomic mass is 9.79. The minimum Gasteiger partial charge on any atom is -0.370 e. The molecule has 7 rings (SSSR count). The minimum absolute atomic E-state index is 0.00597. The number of aromatic nitrogens is 1.